The van der Waals surface area contributed by atoms with E-state index in [9.17, 15) is 0 Å². The van der Waals surface area contributed by atoms with E-state index in [-0.39, 0.29) is 0 Å². The van der Waals surface area contributed by atoms with E-state index in [1.165, 1.54) is 111 Å². The molecule has 0 saturated heterocycles. The lowest BCUT2D eigenvalue weighted by Gasteiger charge is -2.32. The number of anilines is 4. The first kappa shape index (κ1) is 33.3. The Bertz CT molecular complexity index is 3170. The van der Waals surface area contributed by atoms with Crippen molar-refractivity contribution in [3.05, 3.63) is 199 Å². The number of nitrogens with zero attached hydrogens (tertiary/aromatic N) is 2. The van der Waals surface area contributed by atoms with Gasteiger partial charge in [0.05, 0.1) is 0 Å². The molecule has 0 amide bonds. The van der Waals surface area contributed by atoms with E-state index in [1.807, 2.05) is 0 Å². The van der Waals surface area contributed by atoms with Crippen LogP contribution in [0, 0.1) is 0 Å². The molecule has 0 unspecified atom stereocenters. The maximum atomic E-state index is 4.64. The van der Waals surface area contributed by atoms with Gasteiger partial charge in [-0.25, -0.2) is 0 Å². The number of para-hydroxylation sites is 2. The van der Waals surface area contributed by atoms with Gasteiger partial charge in [-0.15, -0.1) is 0 Å². The van der Waals surface area contributed by atoms with Crippen molar-refractivity contribution in [2.24, 2.45) is 0 Å². The van der Waals surface area contributed by atoms with Gasteiger partial charge in [-0.1, -0.05) is 134 Å². The molecule has 2 heterocycles. The molecular formula is C56H42N2. The van der Waals surface area contributed by atoms with Gasteiger partial charge in [0.2, 0.25) is 0 Å². The fourth-order valence-corrected chi connectivity index (χ4v) is 10.5. The summed E-state index contributed by atoms with van der Waals surface area (Å²) in [4.78, 5) is 5.09. The van der Waals surface area contributed by atoms with Gasteiger partial charge in [0, 0.05) is 35.8 Å². The van der Waals surface area contributed by atoms with Crippen molar-refractivity contribution in [3.63, 3.8) is 0 Å². The summed E-state index contributed by atoms with van der Waals surface area (Å²) in [6, 6.07) is 64.0. The molecule has 0 aromatic heterocycles. The normalized spacial score (nSPS) is 14.4. The van der Waals surface area contributed by atoms with Gasteiger partial charge < -0.3 is 9.80 Å². The minimum atomic E-state index is 0.998. The maximum Gasteiger partial charge on any atom is 0.0443 e. The summed E-state index contributed by atoms with van der Waals surface area (Å²) in [6.07, 6.45) is 4.51. The Morgan fingerprint density at radius 2 is 0.931 bits per heavy atom. The molecule has 0 N–H and O–H groups in total. The second kappa shape index (κ2) is 13.1. The van der Waals surface area contributed by atoms with Crippen molar-refractivity contribution < 1.29 is 0 Å². The summed E-state index contributed by atoms with van der Waals surface area (Å²) in [6.45, 7) is 6.64. The fraction of sp³-hybridized carbons (Fsp3) is 0.107. The molecule has 2 nitrogen and oxygen atoms in total. The largest absolute Gasteiger partial charge is 0.341 e. The summed E-state index contributed by atoms with van der Waals surface area (Å²) in [7, 11) is 0. The van der Waals surface area contributed by atoms with Gasteiger partial charge in [0.15, 0.2) is 0 Å². The lowest BCUT2D eigenvalue weighted by Crippen LogP contribution is -2.24. The molecule has 2 heteroatoms. The van der Waals surface area contributed by atoms with Crippen molar-refractivity contribution >= 4 is 60.6 Å². The second-order valence-electron chi connectivity index (χ2n) is 16.3. The van der Waals surface area contributed by atoms with Crippen LogP contribution in [0.25, 0.3) is 71.3 Å². The lowest BCUT2D eigenvalue weighted by atomic mass is 9.82. The number of fused-ring (bicyclic) bond motifs is 8. The third-order valence-corrected chi connectivity index (χ3v) is 13.1. The molecule has 0 saturated carbocycles. The minimum Gasteiger partial charge on any atom is -0.341 e. The highest BCUT2D eigenvalue weighted by Crippen LogP contribution is 2.53. The number of rotatable bonds is 4. The van der Waals surface area contributed by atoms with Crippen LogP contribution in [-0.2, 0) is 12.8 Å². The highest BCUT2D eigenvalue weighted by Gasteiger charge is 2.29. The molecule has 9 aromatic carbocycles. The predicted octanol–water partition coefficient (Wildman–Crippen LogP) is 14.7. The van der Waals surface area contributed by atoms with E-state index in [2.05, 4.69) is 186 Å². The Labute approximate surface area is 339 Å². The molecule has 0 radical (unpaired) electrons. The van der Waals surface area contributed by atoms with Gasteiger partial charge in [0.25, 0.3) is 0 Å². The third kappa shape index (κ3) is 5.04. The van der Waals surface area contributed by atoms with Crippen molar-refractivity contribution in [3.8, 4) is 33.4 Å². The first-order chi connectivity index (χ1) is 28.7. The van der Waals surface area contributed by atoms with Gasteiger partial charge in [-0.3, -0.25) is 0 Å². The summed E-state index contributed by atoms with van der Waals surface area (Å²) < 4.78 is 0. The highest BCUT2D eigenvalue weighted by molar-refractivity contribution is 6.24. The Hall–Kier alpha value is -6.90. The first-order valence-electron chi connectivity index (χ1n) is 20.9. The Morgan fingerprint density at radius 3 is 1.64 bits per heavy atom. The zero-order chi connectivity index (χ0) is 38.3. The molecule has 12 rings (SSSR count). The van der Waals surface area contributed by atoms with E-state index < -0.39 is 0 Å². The predicted molar refractivity (Wildman–Crippen MR) is 247 cm³/mol. The SMILES string of the molecule is C=C1c2ccccc2-c2c1cccc2-c1c2ccc(N3CCCc4ccccc43)cc2c(-c2ccc3ccccc3c2)c2ccc(N3CCCc4ccccc43)cc12. The number of benzene rings is 9. The summed E-state index contributed by atoms with van der Waals surface area (Å²) in [5, 5.41) is 7.60. The van der Waals surface area contributed by atoms with Gasteiger partial charge >= 0.3 is 0 Å². The molecule has 0 spiro atoms. The Kier molecular flexibility index (Phi) is 7.50. The van der Waals surface area contributed by atoms with E-state index in [1.54, 1.807) is 0 Å². The van der Waals surface area contributed by atoms with E-state index in [0.29, 0.717) is 0 Å². The monoisotopic (exact) mass is 742 g/mol. The molecule has 3 aliphatic rings. The minimum absolute atomic E-state index is 0.998. The van der Waals surface area contributed by atoms with Gasteiger partial charge in [-0.05, 0) is 162 Å². The van der Waals surface area contributed by atoms with Gasteiger partial charge in [-0.2, -0.15) is 0 Å². The van der Waals surface area contributed by atoms with Crippen LogP contribution >= 0.6 is 0 Å². The van der Waals surface area contributed by atoms with Crippen LogP contribution in [0.3, 0.4) is 0 Å². The van der Waals surface area contributed by atoms with Crippen LogP contribution in [0.2, 0.25) is 0 Å². The van der Waals surface area contributed by atoms with E-state index >= 15 is 0 Å². The fourth-order valence-electron chi connectivity index (χ4n) is 10.5. The standard InChI is InChI=1S/C56H42N2/c1-36-44-19-6-7-20-46(44)55-45(36)21-10-22-49(55)56-48-30-28-42(57-31-11-17-38-14-4-8-23-52(38)57)34-50(48)54(41-26-25-37-13-2-3-16-40(37)33-41)47-29-27-43(35-51(47)56)58-32-12-18-39-15-5-9-24-53(39)58/h2-10,13-16,19-30,33-35H,1,11-12,17-18,31-32H2. The molecular weight excluding hydrogens is 701 g/mol. The second-order valence-corrected chi connectivity index (χ2v) is 16.3. The van der Waals surface area contributed by atoms with Crippen molar-refractivity contribution in [1.82, 2.24) is 0 Å². The molecule has 58 heavy (non-hydrogen) atoms. The third-order valence-electron chi connectivity index (χ3n) is 13.1. The molecule has 0 bridgehead atoms. The molecule has 0 fully saturated rings. The van der Waals surface area contributed by atoms with E-state index in [0.717, 1.165) is 44.3 Å². The van der Waals surface area contributed by atoms with Crippen LogP contribution in [0.5, 0.6) is 0 Å². The zero-order valence-electron chi connectivity index (χ0n) is 32.5. The average Bonchev–Trinajstić information content (AvgIpc) is 3.58. The number of hydrogen-bond acceptors (Lipinski definition) is 2. The lowest BCUT2D eigenvalue weighted by molar-refractivity contribution is 0.767. The van der Waals surface area contributed by atoms with Crippen LogP contribution in [0.4, 0.5) is 22.7 Å². The summed E-state index contributed by atoms with van der Waals surface area (Å²) in [5.74, 6) is 0. The smallest absolute Gasteiger partial charge is 0.0443 e. The van der Waals surface area contributed by atoms with E-state index in [4.69, 9.17) is 0 Å². The van der Waals surface area contributed by atoms with Crippen LogP contribution < -0.4 is 9.80 Å². The molecule has 2 aliphatic heterocycles. The Balaban J connectivity index is 1.21. The average molecular weight is 743 g/mol. The Morgan fingerprint density at radius 1 is 0.379 bits per heavy atom. The number of hydrogen-bond donors (Lipinski definition) is 0. The van der Waals surface area contributed by atoms with Crippen LogP contribution in [0.15, 0.2) is 176 Å². The highest BCUT2D eigenvalue weighted by atomic mass is 15.1. The number of aryl methyl sites for hydroxylation is 2. The maximum absolute atomic E-state index is 4.64. The zero-order valence-corrected chi connectivity index (χ0v) is 32.5. The van der Waals surface area contributed by atoms with Crippen molar-refractivity contribution in [2.75, 3.05) is 22.9 Å². The molecule has 0 atom stereocenters. The molecule has 276 valence electrons. The molecule has 1 aliphatic carbocycles. The van der Waals surface area contributed by atoms with Crippen molar-refractivity contribution in [1.29, 1.82) is 0 Å². The summed E-state index contributed by atoms with van der Waals surface area (Å²) >= 11 is 0. The topological polar surface area (TPSA) is 6.48 Å². The first-order valence-corrected chi connectivity index (χ1v) is 20.9. The van der Waals surface area contributed by atoms with Gasteiger partial charge in [0.1, 0.15) is 0 Å². The quantitative estimate of drug-likeness (QED) is 0.166. The van der Waals surface area contributed by atoms with Crippen molar-refractivity contribution in [2.45, 2.75) is 25.7 Å². The van der Waals surface area contributed by atoms with Crippen LogP contribution in [-0.4, -0.2) is 13.1 Å². The summed E-state index contributed by atoms with van der Waals surface area (Å²) in [5.41, 5.74) is 19.1. The van der Waals surface area contributed by atoms with Crippen LogP contribution in [0.1, 0.15) is 35.1 Å². The molecule has 9 aromatic rings.